The molecule has 2 aromatic rings. The molecule has 0 N–H and O–H groups in total. The van der Waals surface area contributed by atoms with Gasteiger partial charge in [-0.05, 0) is 30.7 Å². The van der Waals surface area contributed by atoms with Crippen LogP contribution >= 0.6 is 23.2 Å². The molecule has 0 saturated heterocycles. The summed E-state index contributed by atoms with van der Waals surface area (Å²) in [7, 11) is 0. The van der Waals surface area contributed by atoms with Crippen LogP contribution in [0.5, 0.6) is 0 Å². The van der Waals surface area contributed by atoms with E-state index in [1.54, 1.807) is 6.20 Å². The van der Waals surface area contributed by atoms with Crippen molar-refractivity contribution in [3.8, 4) is 0 Å². The summed E-state index contributed by atoms with van der Waals surface area (Å²) in [6.07, 6.45) is 1.63. The maximum Gasteiger partial charge on any atom is 0.223 e. The largest absolute Gasteiger partial charge is 0.338 e. The summed E-state index contributed by atoms with van der Waals surface area (Å²) < 4.78 is 0. The minimum absolute atomic E-state index is 0.155. The zero-order chi connectivity index (χ0) is 12.3. The van der Waals surface area contributed by atoms with Crippen LogP contribution in [0.4, 0.5) is 11.4 Å². The van der Waals surface area contributed by atoms with E-state index in [2.05, 4.69) is 9.97 Å². The van der Waals surface area contributed by atoms with E-state index in [4.69, 9.17) is 23.2 Å². The van der Waals surface area contributed by atoms with Crippen molar-refractivity contribution >= 4 is 34.6 Å². The summed E-state index contributed by atoms with van der Waals surface area (Å²) in [5, 5.41) is 0.513. The van der Waals surface area contributed by atoms with Crippen molar-refractivity contribution in [1.29, 1.82) is 0 Å². The highest BCUT2D eigenvalue weighted by molar-refractivity contribution is 6.33. The zero-order valence-electron chi connectivity index (χ0n) is 9.27. The third-order valence-electron chi connectivity index (χ3n) is 2.37. The molecule has 0 unspecified atom stereocenters. The number of aromatic nitrogens is 2. The van der Waals surface area contributed by atoms with Gasteiger partial charge in [-0.3, -0.25) is 0 Å². The first kappa shape index (κ1) is 12.1. The third-order valence-corrected chi connectivity index (χ3v) is 2.83. The van der Waals surface area contributed by atoms with Crippen molar-refractivity contribution < 1.29 is 0 Å². The predicted octanol–water partition coefficient (Wildman–Crippen LogP) is 3.94. The van der Waals surface area contributed by atoms with Crippen LogP contribution in [-0.2, 0) is 0 Å². The van der Waals surface area contributed by atoms with E-state index in [1.165, 1.54) is 0 Å². The number of nitrogens with zero attached hydrogens (tertiary/aromatic N) is 3. The Balaban J connectivity index is 2.42. The summed E-state index contributed by atoms with van der Waals surface area (Å²) >= 11 is 11.8. The first-order valence-corrected chi connectivity index (χ1v) is 5.98. The molecule has 0 amide bonds. The molecule has 0 spiro atoms. The molecule has 0 aliphatic heterocycles. The molecule has 0 saturated carbocycles. The number of hydrogen-bond donors (Lipinski definition) is 0. The second-order valence-corrected chi connectivity index (χ2v) is 4.09. The summed E-state index contributed by atoms with van der Waals surface area (Å²) in [6, 6.07) is 9.94. The SMILES string of the molecule is CCN(c1ccccc1)c1cnc(Cl)nc1Cl. The van der Waals surface area contributed by atoms with Gasteiger partial charge in [-0.2, -0.15) is 0 Å². The number of halogens is 2. The fourth-order valence-corrected chi connectivity index (χ4v) is 2.02. The van der Waals surface area contributed by atoms with Crippen LogP contribution in [0.25, 0.3) is 0 Å². The molecule has 2 rings (SSSR count). The lowest BCUT2D eigenvalue weighted by Gasteiger charge is -2.23. The average Bonchev–Trinajstić information content (AvgIpc) is 2.34. The Morgan fingerprint density at radius 1 is 1.18 bits per heavy atom. The van der Waals surface area contributed by atoms with Gasteiger partial charge in [-0.15, -0.1) is 0 Å². The fourth-order valence-electron chi connectivity index (χ4n) is 1.62. The molecule has 5 heteroatoms. The molecule has 0 fully saturated rings. The van der Waals surface area contributed by atoms with Gasteiger partial charge >= 0.3 is 0 Å². The van der Waals surface area contributed by atoms with Crippen LogP contribution < -0.4 is 4.90 Å². The highest BCUT2D eigenvalue weighted by Crippen LogP contribution is 2.30. The molecule has 0 aliphatic rings. The van der Waals surface area contributed by atoms with Crippen molar-refractivity contribution in [3.05, 3.63) is 47.0 Å². The van der Waals surface area contributed by atoms with Gasteiger partial charge in [0.1, 0.15) is 0 Å². The fraction of sp³-hybridized carbons (Fsp3) is 0.167. The van der Waals surface area contributed by atoms with Crippen LogP contribution in [-0.4, -0.2) is 16.5 Å². The van der Waals surface area contributed by atoms with Gasteiger partial charge in [0.15, 0.2) is 5.15 Å². The molecule has 0 radical (unpaired) electrons. The van der Waals surface area contributed by atoms with E-state index in [0.717, 1.165) is 17.9 Å². The van der Waals surface area contributed by atoms with E-state index in [-0.39, 0.29) is 5.28 Å². The molecule has 3 nitrogen and oxygen atoms in total. The number of hydrogen-bond acceptors (Lipinski definition) is 3. The van der Waals surface area contributed by atoms with E-state index < -0.39 is 0 Å². The van der Waals surface area contributed by atoms with E-state index in [9.17, 15) is 0 Å². The first-order valence-electron chi connectivity index (χ1n) is 5.23. The van der Waals surface area contributed by atoms with Gasteiger partial charge in [0.25, 0.3) is 0 Å². The molecular formula is C12H11Cl2N3. The molecule has 0 aliphatic carbocycles. The second kappa shape index (κ2) is 5.34. The van der Waals surface area contributed by atoms with Crippen molar-refractivity contribution in [2.24, 2.45) is 0 Å². The lowest BCUT2D eigenvalue weighted by atomic mass is 10.2. The lowest BCUT2D eigenvalue weighted by molar-refractivity contribution is 0.999. The average molecular weight is 268 g/mol. The first-order chi connectivity index (χ1) is 8.22. The quantitative estimate of drug-likeness (QED) is 0.623. The lowest BCUT2D eigenvalue weighted by Crippen LogP contribution is -2.17. The standard InChI is InChI=1S/C12H11Cl2N3/c1-2-17(9-6-4-3-5-7-9)10-8-15-12(14)16-11(10)13/h3-8H,2H2,1H3. The number of anilines is 2. The topological polar surface area (TPSA) is 29.0 Å². The number of para-hydroxylation sites is 1. The Labute approximate surface area is 110 Å². The minimum atomic E-state index is 0.155. The highest BCUT2D eigenvalue weighted by atomic mass is 35.5. The summed E-state index contributed by atoms with van der Waals surface area (Å²) in [5.41, 5.74) is 1.80. The third kappa shape index (κ3) is 2.68. The van der Waals surface area contributed by atoms with E-state index in [0.29, 0.717) is 5.15 Å². The maximum absolute atomic E-state index is 6.08. The number of rotatable bonds is 3. The van der Waals surface area contributed by atoms with Gasteiger partial charge < -0.3 is 4.90 Å². The maximum atomic E-state index is 6.08. The monoisotopic (exact) mass is 267 g/mol. The highest BCUT2D eigenvalue weighted by Gasteiger charge is 2.12. The van der Waals surface area contributed by atoms with Gasteiger partial charge in [0.05, 0.1) is 11.9 Å². The normalized spacial score (nSPS) is 10.3. The van der Waals surface area contributed by atoms with Crippen LogP contribution in [0, 0.1) is 0 Å². The van der Waals surface area contributed by atoms with Crippen molar-refractivity contribution in [2.45, 2.75) is 6.92 Å². The molecule has 1 heterocycles. The van der Waals surface area contributed by atoms with Crippen LogP contribution in [0.2, 0.25) is 10.4 Å². The molecule has 1 aromatic carbocycles. The second-order valence-electron chi connectivity index (χ2n) is 3.39. The van der Waals surface area contributed by atoms with Crippen LogP contribution in [0.15, 0.2) is 36.5 Å². The Bertz CT molecular complexity index is 502. The Morgan fingerprint density at radius 3 is 2.47 bits per heavy atom. The Morgan fingerprint density at radius 2 is 1.88 bits per heavy atom. The smallest absolute Gasteiger partial charge is 0.223 e. The molecular weight excluding hydrogens is 257 g/mol. The van der Waals surface area contributed by atoms with Gasteiger partial charge in [0.2, 0.25) is 5.28 Å². The summed E-state index contributed by atoms with van der Waals surface area (Å²) in [6.45, 7) is 2.81. The summed E-state index contributed by atoms with van der Waals surface area (Å²) in [5.74, 6) is 0. The van der Waals surface area contributed by atoms with Crippen LogP contribution in [0.3, 0.4) is 0 Å². The van der Waals surface area contributed by atoms with Gasteiger partial charge in [-0.1, -0.05) is 29.8 Å². The van der Waals surface area contributed by atoms with Gasteiger partial charge in [0, 0.05) is 12.2 Å². The van der Waals surface area contributed by atoms with Gasteiger partial charge in [-0.25, -0.2) is 9.97 Å². The molecule has 0 atom stereocenters. The molecule has 1 aromatic heterocycles. The van der Waals surface area contributed by atoms with Crippen LogP contribution in [0.1, 0.15) is 6.92 Å². The van der Waals surface area contributed by atoms with E-state index >= 15 is 0 Å². The molecule has 88 valence electrons. The number of benzene rings is 1. The van der Waals surface area contributed by atoms with Crippen molar-refractivity contribution in [3.63, 3.8) is 0 Å². The Kier molecular flexibility index (Phi) is 3.82. The minimum Gasteiger partial charge on any atom is -0.338 e. The van der Waals surface area contributed by atoms with Crippen molar-refractivity contribution in [1.82, 2.24) is 9.97 Å². The molecule has 17 heavy (non-hydrogen) atoms. The van der Waals surface area contributed by atoms with E-state index in [1.807, 2.05) is 42.2 Å². The zero-order valence-corrected chi connectivity index (χ0v) is 10.8. The Hall–Kier alpha value is -1.32. The summed E-state index contributed by atoms with van der Waals surface area (Å²) in [4.78, 5) is 9.93. The molecule has 0 bridgehead atoms. The predicted molar refractivity (Wildman–Crippen MR) is 71.2 cm³/mol. The van der Waals surface area contributed by atoms with Crippen molar-refractivity contribution in [2.75, 3.05) is 11.4 Å².